The Kier molecular flexibility index (Phi) is 2.49. The molecule has 1 unspecified atom stereocenters. The molecule has 0 N–H and O–H groups in total. The minimum atomic E-state index is -2.88. The smallest absolute Gasteiger partial charge is 0.297 e. The first-order valence-corrected chi connectivity index (χ1v) is 2.59. The molecule has 1 atom stereocenters. The molecular formula is C5H11F3N+. The maximum Gasteiger partial charge on any atom is 0.319 e. The number of halogens is 3. The van der Waals surface area contributed by atoms with Crippen LogP contribution in [0.15, 0.2) is 0 Å². The van der Waals surface area contributed by atoms with E-state index < -0.39 is 12.7 Å². The molecule has 0 rings (SSSR count). The van der Waals surface area contributed by atoms with Crippen LogP contribution in [0, 0.1) is 0 Å². The van der Waals surface area contributed by atoms with Crippen molar-refractivity contribution in [2.45, 2.75) is 12.7 Å². The van der Waals surface area contributed by atoms with Crippen LogP contribution in [0.4, 0.5) is 13.2 Å². The van der Waals surface area contributed by atoms with E-state index in [1.54, 1.807) is 0 Å². The molecule has 0 saturated carbocycles. The number of nitrogens with zero attached hydrogens (tertiary/aromatic N) is 1. The van der Waals surface area contributed by atoms with Gasteiger partial charge in [-0.1, -0.05) is 0 Å². The molecule has 0 aromatic heterocycles. The molecule has 0 heterocycles. The summed E-state index contributed by atoms with van der Waals surface area (Å²) < 4.78 is 35.0. The van der Waals surface area contributed by atoms with Gasteiger partial charge in [-0.2, -0.15) is 4.39 Å². The Morgan fingerprint density at radius 3 is 1.33 bits per heavy atom. The van der Waals surface area contributed by atoms with Crippen molar-refractivity contribution >= 4 is 0 Å². The van der Waals surface area contributed by atoms with E-state index in [1.165, 1.54) is 21.1 Å². The molecule has 0 aromatic carbocycles. The van der Waals surface area contributed by atoms with Crippen LogP contribution in [0.2, 0.25) is 0 Å². The fraction of sp³-hybridized carbons (Fsp3) is 1.00. The SMILES string of the molecule is C[N+](C)(C)C(F)C(F)F. The molecule has 0 amide bonds. The van der Waals surface area contributed by atoms with Crippen molar-refractivity contribution in [1.29, 1.82) is 0 Å². The fourth-order valence-corrected chi connectivity index (χ4v) is 0.338. The van der Waals surface area contributed by atoms with Gasteiger partial charge in [0.05, 0.1) is 21.1 Å². The molecule has 0 aliphatic carbocycles. The van der Waals surface area contributed by atoms with Crippen LogP contribution in [-0.4, -0.2) is 38.3 Å². The molecule has 0 radical (unpaired) electrons. The lowest BCUT2D eigenvalue weighted by Crippen LogP contribution is -2.46. The summed E-state index contributed by atoms with van der Waals surface area (Å²) in [6.45, 7) is 0. The zero-order valence-electron chi connectivity index (χ0n) is 5.74. The molecule has 4 heteroatoms. The Balaban J connectivity index is 3.88. The van der Waals surface area contributed by atoms with E-state index in [0.717, 1.165) is 0 Å². The van der Waals surface area contributed by atoms with E-state index in [4.69, 9.17) is 0 Å². The predicted molar refractivity (Wildman–Crippen MR) is 28.9 cm³/mol. The lowest BCUT2D eigenvalue weighted by molar-refractivity contribution is -0.916. The normalized spacial score (nSPS) is 16.3. The van der Waals surface area contributed by atoms with Gasteiger partial charge in [0.1, 0.15) is 0 Å². The van der Waals surface area contributed by atoms with Crippen molar-refractivity contribution in [3.8, 4) is 0 Å². The highest BCUT2D eigenvalue weighted by Gasteiger charge is 2.32. The number of quaternary nitrogens is 1. The zero-order chi connectivity index (χ0) is 7.65. The summed E-state index contributed by atoms with van der Waals surface area (Å²) in [7, 11) is 4.16. The van der Waals surface area contributed by atoms with E-state index in [0.29, 0.717) is 0 Å². The third kappa shape index (κ3) is 2.70. The Hall–Kier alpha value is -0.250. The van der Waals surface area contributed by atoms with Crippen LogP contribution in [0.25, 0.3) is 0 Å². The average molecular weight is 142 g/mol. The van der Waals surface area contributed by atoms with Gasteiger partial charge in [-0.3, -0.25) is 4.48 Å². The first-order chi connectivity index (χ1) is 3.85. The van der Waals surface area contributed by atoms with Gasteiger partial charge in [-0.15, -0.1) is 0 Å². The average Bonchev–Trinajstić information content (AvgIpc) is 1.62. The van der Waals surface area contributed by atoms with E-state index in [2.05, 4.69) is 0 Å². The summed E-state index contributed by atoms with van der Waals surface area (Å²) in [5.41, 5.74) is 0. The molecule has 0 saturated heterocycles. The van der Waals surface area contributed by atoms with Gasteiger partial charge >= 0.3 is 6.43 Å². The standard InChI is InChI=1S/C5H11F3N/c1-9(2,3)5(8)4(6)7/h4-5H,1-3H3/q+1. The van der Waals surface area contributed by atoms with Crippen molar-refractivity contribution in [2.24, 2.45) is 0 Å². The predicted octanol–water partition coefficient (Wildman–Crippen LogP) is 1.25. The maximum atomic E-state index is 12.3. The molecule has 0 aliphatic heterocycles. The molecule has 9 heavy (non-hydrogen) atoms. The number of rotatable bonds is 2. The highest BCUT2D eigenvalue weighted by Crippen LogP contribution is 2.12. The van der Waals surface area contributed by atoms with Crippen LogP contribution in [0.1, 0.15) is 0 Å². The number of alkyl halides is 3. The van der Waals surface area contributed by atoms with Crippen molar-refractivity contribution in [3.05, 3.63) is 0 Å². The molecule has 0 spiro atoms. The van der Waals surface area contributed by atoms with Crippen molar-refractivity contribution in [3.63, 3.8) is 0 Å². The first kappa shape index (κ1) is 8.75. The molecular weight excluding hydrogens is 131 g/mol. The largest absolute Gasteiger partial charge is 0.319 e. The van der Waals surface area contributed by atoms with Gasteiger partial charge < -0.3 is 0 Å². The minimum absolute atomic E-state index is 0.350. The summed E-state index contributed by atoms with van der Waals surface area (Å²) >= 11 is 0. The van der Waals surface area contributed by atoms with Gasteiger partial charge in [-0.25, -0.2) is 8.78 Å². The van der Waals surface area contributed by atoms with Crippen molar-refractivity contribution in [2.75, 3.05) is 21.1 Å². The topological polar surface area (TPSA) is 0 Å². The molecule has 0 bridgehead atoms. The number of hydrogen-bond donors (Lipinski definition) is 0. The third-order valence-corrected chi connectivity index (χ3v) is 0.948. The van der Waals surface area contributed by atoms with Crippen LogP contribution in [0.3, 0.4) is 0 Å². The second-order valence-corrected chi connectivity index (χ2v) is 2.82. The van der Waals surface area contributed by atoms with Gasteiger partial charge in [0.2, 0.25) is 0 Å². The van der Waals surface area contributed by atoms with Crippen LogP contribution in [0.5, 0.6) is 0 Å². The molecule has 0 aliphatic rings. The summed E-state index contributed by atoms with van der Waals surface area (Å²) in [5.74, 6) is 0. The van der Waals surface area contributed by atoms with E-state index in [1.807, 2.05) is 0 Å². The molecule has 0 aromatic rings. The second-order valence-electron chi connectivity index (χ2n) is 2.82. The monoisotopic (exact) mass is 142 g/mol. The van der Waals surface area contributed by atoms with Gasteiger partial charge in [0, 0.05) is 0 Å². The summed E-state index contributed by atoms with van der Waals surface area (Å²) in [6, 6.07) is 0. The number of hydrogen-bond acceptors (Lipinski definition) is 0. The van der Waals surface area contributed by atoms with Crippen LogP contribution < -0.4 is 0 Å². The van der Waals surface area contributed by atoms with E-state index in [9.17, 15) is 13.2 Å². The lowest BCUT2D eigenvalue weighted by Gasteiger charge is -2.26. The van der Waals surface area contributed by atoms with E-state index in [-0.39, 0.29) is 4.48 Å². The molecule has 56 valence electrons. The van der Waals surface area contributed by atoms with Crippen molar-refractivity contribution in [1.82, 2.24) is 0 Å². The summed E-state index contributed by atoms with van der Waals surface area (Å²) in [6.07, 6.45) is -4.96. The summed E-state index contributed by atoms with van der Waals surface area (Å²) in [4.78, 5) is 0. The Bertz CT molecular complexity index is 86.7. The highest BCUT2D eigenvalue weighted by atomic mass is 19.3. The zero-order valence-corrected chi connectivity index (χ0v) is 5.74. The second kappa shape index (κ2) is 2.56. The lowest BCUT2D eigenvalue weighted by atomic mass is 10.5. The van der Waals surface area contributed by atoms with Crippen LogP contribution in [-0.2, 0) is 0 Å². The van der Waals surface area contributed by atoms with Gasteiger partial charge in [0.25, 0.3) is 6.30 Å². The Morgan fingerprint density at radius 2 is 1.33 bits per heavy atom. The first-order valence-electron chi connectivity index (χ1n) is 2.59. The third-order valence-electron chi connectivity index (χ3n) is 0.948. The Labute approximate surface area is 52.7 Å². The quantitative estimate of drug-likeness (QED) is 0.402. The van der Waals surface area contributed by atoms with E-state index >= 15 is 0 Å². The summed E-state index contributed by atoms with van der Waals surface area (Å²) in [5, 5.41) is 0. The minimum Gasteiger partial charge on any atom is -0.297 e. The molecule has 0 fully saturated rings. The van der Waals surface area contributed by atoms with Gasteiger partial charge in [0.15, 0.2) is 0 Å². The maximum absolute atomic E-state index is 12.3. The van der Waals surface area contributed by atoms with Gasteiger partial charge in [-0.05, 0) is 0 Å². The van der Waals surface area contributed by atoms with Crippen LogP contribution >= 0.6 is 0 Å². The Morgan fingerprint density at radius 1 is 1.00 bits per heavy atom. The highest BCUT2D eigenvalue weighted by molar-refractivity contribution is 4.41. The fourth-order valence-electron chi connectivity index (χ4n) is 0.338. The molecule has 1 nitrogen and oxygen atoms in total. The van der Waals surface area contributed by atoms with Crippen molar-refractivity contribution < 1.29 is 17.7 Å².